The van der Waals surface area contributed by atoms with Gasteiger partial charge >= 0.3 is 23.9 Å². The zero-order valence-electron chi connectivity index (χ0n) is 31.5. The second-order valence-corrected chi connectivity index (χ2v) is 14.7. The Morgan fingerprint density at radius 3 is 2.04 bits per heavy atom. The van der Waals surface area contributed by atoms with E-state index >= 15 is 0 Å². The third-order valence-electron chi connectivity index (χ3n) is 8.81. The number of aryl methyl sites for hydroxylation is 1. The number of tetrazole rings is 1. The van der Waals surface area contributed by atoms with E-state index in [1.54, 1.807) is 11.7 Å². The van der Waals surface area contributed by atoms with E-state index < -0.39 is 60.7 Å². The summed E-state index contributed by atoms with van der Waals surface area (Å²) in [6.07, 6.45) is -6.27. The predicted molar refractivity (Wildman–Crippen MR) is 200 cm³/mol. The van der Waals surface area contributed by atoms with E-state index in [2.05, 4.69) is 20.8 Å². The predicted octanol–water partition coefficient (Wildman–Crippen LogP) is 2.97. The Bertz CT molecular complexity index is 1830. The fourth-order valence-corrected chi connectivity index (χ4v) is 7.37. The molecule has 56 heavy (non-hydrogen) atoms. The highest BCUT2D eigenvalue weighted by molar-refractivity contribution is 7.99. The molecule has 0 saturated carbocycles. The Kier molecular flexibility index (Phi) is 15.3. The molecule has 2 aliphatic heterocycles. The number of aromatic nitrogens is 4. The summed E-state index contributed by atoms with van der Waals surface area (Å²) in [5.41, 5.74) is 3.46. The van der Waals surface area contributed by atoms with Gasteiger partial charge in [0, 0.05) is 65.4 Å². The Morgan fingerprint density at radius 1 is 0.839 bits per heavy atom. The lowest BCUT2D eigenvalue weighted by Gasteiger charge is -2.44. The summed E-state index contributed by atoms with van der Waals surface area (Å²) in [5, 5.41) is 25.1. The van der Waals surface area contributed by atoms with Crippen LogP contribution in [0.5, 0.6) is 0 Å². The van der Waals surface area contributed by atoms with Crippen molar-refractivity contribution >= 4 is 52.8 Å². The van der Waals surface area contributed by atoms with Gasteiger partial charge in [0.05, 0.1) is 23.8 Å². The molecular formula is C37H45N5O12S2. The van der Waals surface area contributed by atoms with Crippen molar-refractivity contribution < 1.29 is 57.4 Å². The number of ether oxygens (including phenoxy) is 7. The third kappa shape index (κ3) is 12.0. The van der Waals surface area contributed by atoms with Crippen LogP contribution in [-0.4, -0.2) is 103 Å². The largest absolute Gasteiger partial charge is 0.463 e. The van der Waals surface area contributed by atoms with Gasteiger partial charge in [-0.15, -0.1) is 5.10 Å². The Morgan fingerprint density at radius 2 is 1.45 bits per heavy atom. The number of rotatable bonds is 15. The van der Waals surface area contributed by atoms with Crippen LogP contribution in [0.15, 0.2) is 53.7 Å². The minimum atomic E-state index is -1.28. The van der Waals surface area contributed by atoms with Gasteiger partial charge in [-0.1, -0.05) is 72.5 Å². The van der Waals surface area contributed by atoms with Crippen molar-refractivity contribution in [1.82, 2.24) is 25.5 Å². The van der Waals surface area contributed by atoms with Gasteiger partial charge in [0.25, 0.3) is 0 Å². The lowest BCUT2D eigenvalue weighted by Crippen LogP contribution is -2.62. The fourth-order valence-electron chi connectivity index (χ4n) is 6.26. The summed E-state index contributed by atoms with van der Waals surface area (Å²) in [6, 6.07) is 15.3. The van der Waals surface area contributed by atoms with Crippen LogP contribution in [0.25, 0.3) is 0 Å². The van der Waals surface area contributed by atoms with E-state index in [4.69, 9.17) is 45.4 Å². The number of carbonyl (C=O) groups excluding carboxylic acids is 4. The topological polar surface area (TPSA) is 209 Å². The molecule has 17 nitrogen and oxygen atoms in total. The van der Waals surface area contributed by atoms with Gasteiger partial charge in [-0.3, -0.25) is 19.2 Å². The quantitative estimate of drug-likeness (QED) is 0.0978. The summed E-state index contributed by atoms with van der Waals surface area (Å²) in [6.45, 7) is 4.66. The van der Waals surface area contributed by atoms with Crippen LogP contribution in [0.4, 0.5) is 0 Å². The molecule has 8 atom stereocenters. The van der Waals surface area contributed by atoms with Gasteiger partial charge in [-0.25, -0.2) is 4.68 Å². The van der Waals surface area contributed by atoms with Crippen molar-refractivity contribution in [1.29, 1.82) is 0 Å². The number of thiocarbonyl (C=S) groups is 1. The van der Waals surface area contributed by atoms with Gasteiger partial charge in [0.1, 0.15) is 18.8 Å². The van der Waals surface area contributed by atoms with E-state index in [9.17, 15) is 24.3 Å². The first-order valence-corrected chi connectivity index (χ1v) is 19.2. The molecule has 2 saturated heterocycles. The first-order chi connectivity index (χ1) is 26.8. The number of hydrogen-bond acceptors (Lipinski definition) is 17. The highest BCUT2D eigenvalue weighted by Gasteiger charge is 2.52. The van der Waals surface area contributed by atoms with Crippen molar-refractivity contribution in [3.8, 4) is 0 Å². The lowest BCUT2D eigenvalue weighted by molar-refractivity contribution is -0.251. The van der Waals surface area contributed by atoms with E-state index in [-0.39, 0.29) is 31.8 Å². The van der Waals surface area contributed by atoms with Crippen molar-refractivity contribution in [3.05, 3.63) is 70.8 Å². The van der Waals surface area contributed by atoms with Crippen molar-refractivity contribution in [2.75, 3.05) is 12.4 Å². The van der Waals surface area contributed by atoms with Crippen LogP contribution in [0.1, 0.15) is 75.2 Å². The van der Waals surface area contributed by atoms with Gasteiger partial charge in [0.2, 0.25) is 5.16 Å². The van der Waals surface area contributed by atoms with Crippen LogP contribution in [-0.2, 0) is 72.5 Å². The SMILES string of the molecule is CC(=O)OCC1OC(CC(=S)NCc2ccc(C3OC(CSc4nnnn4C)CC(c4ccc(CO)cc4)O3)cc2)C(OC(C)=O)C(OC(C)=O)C1OC(C)=O. The molecule has 2 fully saturated rings. The van der Waals surface area contributed by atoms with Crippen LogP contribution in [0, 0.1) is 0 Å². The average Bonchev–Trinajstić information content (AvgIpc) is 3.58. The fraction of sp³-hybridized carbons (Fsp3) is 0.514. The molecule has 2 aliphatic rings. The molecule has 302 valence electrons. The monoisotopic (exact) mass is 815 g/mol. The summed E-state index contributed by atoms with van der Waals surface area (Å²) >= 11 is 7.16. The molecule has 0 radical (unpaired) electrons. The molecule has 0 bridgehead atoms. The third-order valence-corrected chi connectivity index (χ3v) is 10.3. The highest BCUT2D eigenvalue weighted by atomic mass is 32.2. The molecular weight excluding hydrogens is 771 g/mol. The second kappa shape index (κ2) is 20.1. The van der Waals surface area contributed by atoms with Crippen LogP contribution < -0.4 is 5.32 Å². The zero-order chi connectivity index (χ0) is 40.4. The zero-order valence-corrected chi connectivity index (χ0v) is 33.2. The number of hydrogen-bond donors (Lipinski definition) is 2. The Labute approximate surface area is 333 Å². The number of aliphatic hydroxyl groups is 1. The summed E-state index contributed by atoms with van der Waals surface area (Å²) in [7, 11) is 1.78. The number of thioether (sulfide) groups is 1. The molecule has 0 aliphatic carbocycles. The summed E-state index contributed by atoms with van der Waals surface area (Å²) in [5.74, 6) is -2.13. The van der Waals surface area contributed by atoms with Gasteiger partial charge in [-0.2, -0.15) is 0 Å². The van der Waals surface area contributed by atoms with Gasteiger partial charge < -0.3 is 43.6 Å². The number of esters is 4. The average molecular weight is 816 g/mol. The normalized spacial score (nSPS) is 24.8. The second-order valence-electron chi connectivity index (χ2n) is 13.2. The van der Waals surface area contributed by atoms with Gasteiger partial charge in [0.15, 0.2) is 24.6 Å². The first-order valence-electron chi connectivity index (χ1n) is 17.8. The maximum atomic E-state index is 12.2. The van der Waals surface area contributed by atoms with Crippen LogP contribution in [0.2, 0.25) is 0 Å². The standard InChI is InChI=1S/C37H45N5O12S2/c1-20(44)48-18-31-34(50-22(3)46)35(51-23(4)47)33(49-21(2)45)30(53-31)15-32(55)38-16-24-6-12-27(13-7-24)36-52-28(19-56-37-39-40-41-42(37)5)14-29(54-36)26-10-8-25(17-43)9-11-26/h6-13,28-31,33-36,43H,14-19H2,1-5H3,(H,38,55). The molecule has 19 heteroatoms. The van der Waals surface area contributed by atoms with Crippen molar-refractivity contribution in [3.63, 3.8) is 0 Å². The molecule has 0 spiro atoms. The Balaban J connectivity index is 1.26. The van der Waals surface area contributed by atoms with E-state index in [0.29, 0.717) is 28.9 Å². The number of benzene rings is 2. The van der Waals surface area contributed by atoms with Crippen LogP contribution in [0.3, 0.4) is 0 Å². The summed E-state index contributed by atoms with van der Waals surface area (Å²) in [4.78, 5) is 48.4. The molecule has 2 aromatic carbocycles. The molecule has 5 rings (SSSR count). The molecule has 2 N–H and O–H groups in total. The number of carbonyl (C=O) groups is 4. The Hall–Kier alpha value is -4.53. The molecule has 1 aromatic heterocycles. The van der Waals surface area contributed by atoms with Crippen molar-refractivity contribution in [2.24, 2.45) is 7.05 Å². The minimum Gasteiger partial charge on any atom is -0.463 e. The first kappa shape index (κ1) is 42.6. The maximum Gasteiger partial charge on any atom is 0.303 e. The summed E-state index contributed by atoms with van der Waals surface area (Å²) < 4.78 is 42.4. The smallest absolute Gasteiger partial charge is 0.303 e. The van der Waals surface area contributed by atoms with Gasteiger partial charge in [-0.05, 0) is 27.1 Å². The molecule has 3 heterocycles. The molecule has 0 amide bonds. The number of nitrogens with one attached hydrogen (secondary N) is 1. The highest BCUT2D eigenvalue weighted by Crippen LogP contribution is 2.39. The molecule has 3 aromatic rings. The lowest BCUT2D eigenvalue weighted by atomic mass is 9.92. The number of nitrogens with zero attached hydrogens (tertiary/aromatic N) is 4. The molecule has 8 unspecified atom stereocenters. The van der Waals surface area contributed by atoms with Crippen LogP contribution >= 0.6 is 24.0 Å². The minimum absolute atomic E-state index is 0.0146. The van der Waals surface area contributed by atoms with E-state index in [1.165, 1.54) is 25.6 Å². The van der Waals surface area contributed by atoms with Crippen molar-refractivity contribution in [2.45, 2.75) is 108 Å². The maximum absolute atomic E-state index is 12.2. The van der Waals surface area contributed by atoms with E-state index in [1.807, 2.05) is 48.5 Å². The number of aliphatic hydroxyl groups excluding tert-OH is 1. The van der Waals surface area contributed by atoms with E-state index in [0.717, 1.165) is 36.1 Å².